The van der Waals surface area contributed by atoms with Gasteiger partial charge in [-0.15, -0.1) is 25.3 Å². The number of allylic oxidation sites excluding steroid dienone is 1. The molecule has 0 radical (unpaired) electrons. The summed E-state index contributed by atoms with van der Waals surface area (Å²) in [6, 6.07) is 9.94. The van der Waals surface area contributed by atoms with E-state index < -0.39 is 0 Å². The second-order valence-electron chi connectivity index (χ2n) is 2.96. The number of aromatic nitrogens is 1. The molecule has 1 heterocycles. The fourth-order valence-corrected chi connectivity index (χ4v) is 1.10. The van der Waals surface area contributed by atoms with Crippen LogP contribution in [0.2, 0.25) is 0 Å². The summed E-state index contributed by atoms with van der Waals surface area (Å²) < 4.78 is 0.769. The van der Waals surface area contributed by atoms with E-state index in [-0.39, 0.29) is 0 Å². The Balaban J connectivity index is 0.000000195. The molecule has 2 rings (SSSR count). The van der Waals surface area contributed by atoms with Crippen molar-refractivity contribution in [1.29, 1.82) is 0 Å². The number of aromatic amines is 1. The Morgan fingerprint density at radius 2 is 1.93 bits per heavy atom. The lowest BCUT2D eigenvalue weighted by molar-refractivity contribution is 1.47. The quantitative estimate of drug-likeness (QED) is 0.522. The van der Waals surface area contributed by atoms with Crippen molar-refractivity contribution in [2.75, 3.05) is 5.73 Å². The number of hydrogen-bond donors (Lipinski definition) is 4. The van der Waals surface area contributed by atoms with E-state index in [2.05, 4.69) is 30.2 Å². The average Bonchev–Trinajstić information content (AvgIpc) is 2.58. The molecule has 0 aliphatic rings. The van der Waals surface area contributed by atoms with Gasteiger partial charge in [0.2, 0.25) is 0 Å². The highest BCUT2D eigenvalue weighted by Gasteiger charge is 1.92. The summed E-state index contributed by atoms with van der Waals surface area (Å²) in [4.78, 5) is 3.04. The average molecular weight is 238 g/mol. The lowest BCUT2D eigenvalue weighted by Crippen LogP contribution is -1.80. The number of rotatable bonds is 0. The third-order valence-electron chi connectivity index (χ3n) is 1.81. The number of fused-ring (bicyclic) bond motifs is 1. The van der Waals surface area contributed by atoms with Gasteiger partial charge in [-0.25, -0.2) is 0 Å². The van der Waals surface area contributed by atoms with E-state index in [4.69, 9.17) is 5.73 Å². The Bertz CT molecular complexity index is 423. The van der Waals surface area contributed by atoms with Crippen LogP contribution >= 0.6 is 25.3 Å². The summed E-state index contributed by atoms with van der Waals surface area (Å²) >= 11 is 7.65. The molecule has 0 fully saturated rings. The first-order valence-corrected chi connectivity index (χ1v) is 5.40. The third kappa shape index (κ3) is 3.93. The summed E-state index contributed by atoms with van der Waals surface area (Å²) in [6.45, 7) is 1.88. The second-order valence-corrected chi connectivity index (χ2v) is 4.28. The number of para-hydroxylation sites is 1. The number of nitrogen functional groups attached to an aromatic ring is 1. The molecule has 0 atom stereocenters. The molecule has 2 aromatic rings. The van der Waals surface area contributed by atoms with Crippen molar-refractivity contribution in [2.24, 2.45) is 0 Å². The van der Waals surface area contributed by atoms with Gasteiger partial charge in [-0.1, -0.05) is 24.3 Å². The molecule has 0 bridgehead atoms. The summed E-state index contributed by atoms with van der Waals surface area (Å²) in [5, 5.41) is 1.17. The van der Waals surface area contributed by atoms with Crippen LogP contribution in [0.3, 0.4) is 0 Å². The molecule has 15 heavy (non-hydrogen) atoms. The predicted molar refractivity (Wildman–Crippen MR) is 74.4 cm³/mol. The standard InChI is InChI=1S/C8H8N2.C3H6S2/c9-8-5-6-3-1-2-4-7(6)10-8;1-2-3(4)5/h1-5,10H,9H2;2,4-5H,1H3. The highest BCUT2D eigenvalue weighted by Crippen LogP contribution is 2.14. The van der Waals surface area contributed by atoms with Crippen molar-refractivity contribution in [1.82, 2.24) is 4.98 Å². The maximum Gasteiger partial charge on any atom is 0.101 e. The first-order chi connectivity index (χ1) is 7.13. The van der Waals surface area contributed by atoms with Crippen LogP contribution in [-0.2, 0) is 0 Å². The van der Waals surface area contributed by atoms with Gasteiger partial charge in [0.25, 0.3) is 0 Å². The summed E-state index contributed by atoms with van der Waals surface area (Å²) in [7, 11) is 0. The van der Waals surface area contributed by atoms with Crippen LogP contribution in [-0.4, -0.2) is 4.98 Å². The lowest BCUT2D eigenvalue weighted by atomic mass is 10.3. The van der Waals surface area contributed by atoms with Crippen LogP contribution in [0.4, 0.5) is 5.82 Å². The van der Waals surface area contributed by atoms with Gasteiger partial charge >= 0.3 is 0 Å². The zero-order valence-electron chi connectivity index (χ0n) is 8.44. The van der Waals surface area contributed by atoms with Gasteiger partial charge in [0, 0.05) is 15.1 Å². The maximum atomic E-state index is 5.54. The predicted octanol–water partition coefficient (Wildman–Crippen LogP) is 3.46. The van der Waals surface area contributed by atoms with Gasteiger partial charge in [0.05, 0.1) is 0 Å². The zero-order chi connectivity index (χ0) is 11.3. The van der Waals surface area contributed by atoms with Gasteiger partial charge in [-0.2, -0.15) is 0 Å². The highest BCUT2D eigenvalue weighted by atomic mass is 32.2. The number of anilines is 1. The molecule has 4 heteroatoms. The normalized spacial score (nSPS) is 9.27. The Morgan fingerprint density at radius 3 is 2.47 bits per heavy atom. The third-order valence-corrected chi connectivity index (χ3v) is 2.33. The monoisotopic (exact) mass is 238 g/mol. The minimum Gasteiger partial charge on any atom is -0.385 e. The van der Waals surface area contributed by atoms with Crippen molar-refractivity contribution in [3.8, 4) is 0 Å². The lowest BCUT2D eigenvalue weighted by Gasteiger charge is -1.83. The SMILES string of the molecule is CC=C(S)S.Nc1cc2ccccc2[nH]1. The van der Waals surface area contributed by atoms with Crippen LogP contribution in [0.15, 0.2) is 40.6 Å². The fourth-order valence-electron chi connectivity index (χ4n) is 1.10. The largest absolute Gasteiger partial charge is 0.385 e. The van der Waals surface area contributed by atoms with E-state index in [1.807, 2.05) is 43.3 Å². The van der Waals surface area contributed by atoms with Crippen LogP contribution in [0.25, 0.3) is 10.9 Å². The van der Waals surface area contributed by atoms with Crippen molar-refractivity contribution < 1.29 is 0 Å². The number of nitrogens with one attached hydrogen (secondary N) is 1. The molecule has 1 aromatic carbocycles. The maximum absolute atomic E-state index is 5.54. The summed E-state index contributed by atoms with van der Waals surface area (Å²) in [6.07, 6.45) is 1.81. The molecule has 1 aromatic heterocycles. The molecule has 0 saturated heterocycles. The van der Waals surface area contributed by atoms with Crippen LogP contribution in [0.5, 0.6) is 0 Å². The number of H-pyrrole nitrogens is 1. The topological polar surface area (TPSA) is 41.8 Å². The number of thiol groups is 2. The molecule has 0 unspecified atom stereocenters. The second kappa shape index (κ2) is 5.78. The van der Waals surface area contributed by atoms with Gasteiger partial charge < -0.3 is 10.7 Å². The first kappa shape index (κ1) is 12.1. The van der Waals surface area contributed by atoms with E-state index in [0.29, 0.717) is 0 Å². The molecule has 80 valence electrons. The van der Waals surface area contributed by atoms with Crippen LogP contribution < -0.4 is 5.73 Å². The van der Waals surface area contributed by atoms with E-state index in [0.717, 1.165) is 15.6 Å². The van der Waals surface area contributed by atoms with Crippen LogP contribution in [0.1, 0.15) is 6.92 Å². The molecule has 0 saturated carbocycles. The van der Waals surface area contributed by atoms with Crippen molar-refractivity contribution in [3.63, 3.8) is 0 Å². The van der Waals surface area contributed by atoms with Gasteiger partial charge in [-0.05, 0) is 19.1 Å². The van der Waals surface area contributed by atoms with Gasteiger partial charge in [-0.3, -0.25) is 0 Å². The Hall–Kier alpha value is -1.00. The fraction of sp³-hybridized carbons (Fsp3) is 0.0909. The molecule has 0 aliphatic heterocycles. The number of benzene rings is 1. The van der Waals surface area contributed by atoms with E-state index in [1.165, 1.54) is 5.39 Å². The molecule has 3 N–H and O–H groups in total. The zero-order valence-corrected chi connectivity index (χ0v) is 10.2. The molecule has 0 spiro atoms. The van der Waals surface area contributed by atoms with Crippen molar-refractivity contribution in [3.05, 3.63) is 40.6 Å². The van der Waals surface area contributed by atoms with Gasteiger partial charge in [0.15, 0.2) is 0 Å². The molecule has 2 nitrogen and oxygen atoms in total. The van der Waals surface area contributed by atoms with Crippen LogP contribution in [0, 0.1) is 0 Å². The molecule has 0 amide bonds. The molecular formula is C11H14N2S2. The summed E-state index contributed by atoms with van der Waals surface area (Å²) in [5.74, 6) is 0.723. The smallest absolute Gasteiger partial charge is 0.101 e. The van der Waals surface area contributed by atoms with E-state index in [1.54, 1.807) is 0 Å². The Morgan fingerprint density at radius 1 is 1.33 bits per heavy atom. The highest BCUT2D eigenvalue weighted by molar-refractivity contribution is 8.04. The van der Waals surface area contributed by atoms with Crippen molar-refractivity contribution in [2.45, 2.75) is 6.92 Å². The minimum atomic E-state index is 0.723. The minimum absolute atomic E-state index is 0.723. The molecule has 0 aliphatic carbocycles. The summed E-state index contributed by atoms with van der Waals surface area (Å²) in [5.41, 5.74) is 6.63. The van der Waals surface area contributed by atoms with E-state index >= 15 is 0 Å². The number of hydrogen-bond acceptors (Lipinski definition) is 3. The Kier molecular flexibility index (Phi) is 4.65. The number of nitrogens with two attached hydrogens (primary N) is 1. The first-order valence-electron chi connectivity index (χ1n) is 4.51. The molecular weight excluding hydrogens is 224 g/mol. The van der Waals surface area contributed by atoms with E-state index in [9.17, 15) is 0 Å². The Labute approximate surface area is 100 Å². The van der Waals surface area contributed by atoms with Gasteiger partial charge in [0.1, 0.15) is 5.82 Å². The van der Waals surface area contributed by atoms with Crippen molar-refractivity contribution >= 4 is 42.0 Å².